The Morgan fingerprint density at radius 1 is 1.25 bits per heavy atom. The van der Waals surface area contributed by atoms with Crippen LogP contribution in [0.25, 0.3) is 0 Å². The van der Waals surface area contributed by atoms with E-state index in [1.165, 1.54) is 0 Å². The lowest BCUT2D eigenvalue weighted by Crippen LogP contribution is -2.13. The molecular weight excluding hydrogens is 276 g/mol. The van der Waals surface area contributed by atoms with Crippen molar-refractivity contribution in [3.8, 4) is 5.75 Å². The van der Waals surface area contributed by atoms with E-state index in [1.807, 2.05) is 19.9 Å². The molecule has 2 rings (SSSR count). The van der Waals surface area contributed by atoms with E-state index in [1.54, 1.807) is 36.4 Å². The largest absolute Gasteiger partial charge is 0.491 e. The fourth-order valence-corrected chi connectivity index (χ4v) is 1.81. The predicted octanol–water partition coefficient (Wildman–Crippen LogP) is 3.77. The van der Waals surface area contributed by atoms with Gasteiger partial charge in [-0.2, -0.15) is 0 Å². The topological polar surface area (TPSA) is 51.2 Å². The first-order chi connectivity index (χ1) is 9.54. The number of amides is 1. The Morgan fingerprint density at radius 2 is 2.00 bits per heavy atom. The number of benzene rings is 1. The number of nitrogens with zero attached hydrogens (tertiary/aromatic N) is 1. The van der Waals surface area contributed by atoms with E-state index in [9.17, 15) is 4.79 Å². The van der Waals surface area contributed by atoms with Crippen LogP contribution in [0.5, 0.6) is 5.75 Å². The maximum absolute atomic E-state index is 12.1. The third-order valence-electron chi connectivity index (χ3n) is 2.42. The van der Waals surface area contributed by atoms with Crippen molar-refractivity contribution in [3.63, 3.8) is 0 Å². The van der Waals surface area contributed by atoms with Crippen LogP contribution in [0.15, 0.2) is 42.5 Å². The maximum atomic E-state index is 12.1. The average Bonchev–Trinajstić information content (AvgIpc) is 2.38. The van der Waals surface area contributed by atoms with Crippen LogP contribution in [0.4, 0.5) is 5.82 Å². The highest BCUT2D eigenvalue weighted by molar-refractivity contribution is 6.29. The minimum Gasteiger partial charge on any atom is -0.491 e. The summed E-state index contributed by atoms with van der Waals surface area (Å²) < 4.78 is 5.56. The summed E-state index contributed by atoms with van der Waals surface area (Å²) in [6.45, 7) is 3.87. The number of carbonyl (C=O) groups excluding carboxylic acids is 1. The lowest BCUT2D eigenvalue weighted by Gasteiger charge is -2.11. The molecule has 0 fully saturated rings. The molecule has 0 bridgehead atoms. The van der Waals surface area contributed by atoms with Crippen molar-refractivity contribution in [1.29, 1.82) is 0 Å². The highest BCUT2D eigenvalue weighted by Gasteiger charge is 2.08. The standard InChI is InChI=1S/C15H15ClN2O2/c1-10(2)20-12-6-3-5-11(9-12)15(19)18-14-8-4-7-13(16)17-14/h3-10H,1-2H3,(H,17,18,19). The van der Waals surface area contributed by atoms with Gasteiger partial charge in [-0.05, 0) is 44.2 Å². The molecule has 0 atom stereocenters. The van der Waals surface area contributed by atoms with Crippen LogP contribution >= 0.6 is 11.6 Å². The van der Waals surface area contributed by atoms with Gasteiger partial charge in [0.2, 0.25) is 0 Å². The normalized spacial score (nSPS) is 10.4. The zero-order valence-corrected chi connectivity index (χ0v) is 12.0. The van der Waals surface area contributed by atoms with Gasteiger partial charge in [-0.3, -0.25) is 4.79 Å². The third-order valence-corrected chi connectivity index (χ3v) is 2.64. The number of hydrogen-bond donors (Lipinski definition) is 1. The summed E-state index contributed by atoms with van der Waals surface area (Å²) in [6, 6.07) is 12.1. The van der Waals surface area contributed by atoms with E-state index in [0.29, 0.717) is 22.3 Å². The second-order valence-electron chi connectivity index (χ2n) is 4.49. The van der Waals surface area contributed by atoms with Gasteiger partial charge in [-0.25, -0.2) is 4.98 Å². The summed E-state index contributed by atoms with van der Waals surface area (Å²) in [4.78, 5) is 16.1. The Labute approximate surface area is 122 Å². The SMILES string of the molecule is CC(C)Oc1cccc(C(=O)Nc2cccc(Cl)n2)c1. The average molecular weight is 291 g/mol. The fraction of sp³-hybridized carbons (Fsp3) is 0.200. The Hall–Kier alpha value is -2.07. The van der Waals surface area contributed by atoms with Crippen LogP contribution in [0.1, 0.15) is 24.2 Å². The smallest absolute Gasteiger partial charge is 0.256 e. The molecular formula is C15H15ClN2O2. The van der Waals surface area contributed by atoms with Gasteiger partial charge in [-0.15, -0.1) is 0 Å². The third kappa shape index (κ3) is 3.96. The molecule has 1 amide bonds. The molecule has 5 heteroatoms. The van der Waals surface area contributed by atoms with Gasteiger partial charge in [0.05, 0.1) is 6.10 Å². The minimum atomic E-state index is -0.256. The zero-order valence-electron chi connectivity index (χ0n) is 11.3. The molecule has 20 heavy (non-hydrogen) atoms. The van der Waals surface area contributed by atoms with Crippen LogP contribution < -0.4 is 10.1 Å². The highest BCUT2D eigenvalue weighted by Crippen LogP contribution is 2.16. The Bertz CT molecular complexity index is 614. The first-order valence-corrected chi connectivity index (χ1v) is 6.63. The summed E-state index contributed by atoms with van der Waals surface area (Å²) in [7, 11) is 0. The highest BCUT2D eigenvalue weighted by atomic mass is 35.5. The molecule has 0 saturated heterocycles. The minimum absolute atomic E-state index is 0.0582. The van der Waals surface area contributed by atoms with Crippen LogP contribution in [-0.4, -0.2) is 17.0 Å². The molecule has 2 aromatic rings. The number of aromatic nitrogens is 1. The van der Waals surface area contributed by atoms with Crippen molar-refractivity contribution in [2.24, 2.45) is 0 Å². The number of ether oxygens (including phenoxy) is 1. The van der Waals surface area contributed by atoms with Gasteiger partial charge < -0.3 is 10.1 Å². The van der Waals surface area contributed by atoms with Crippen molar-refractivity contribution in [1.82, 2.24) is 4.98 Å². The summed E-state index contributed by atoms with van der Waals surface area (Å²) in [5.74, 6) is 0.818. The molecule has 1 N–H and O–H groups in total. The van der Waals surface area contributed by atoms with Gasteiger partial charge in [0.1, 0.15) is 16.7 Å². The number of halogens is 1. The molecule has 1 heterocycles. The summed E-state index contributed by atoms with van der Waals surface area (Å²) in [5.41, 5.74) is 0.505. The number of anilines is 1. The molecule has 1 aromatic heterocycles. The van der Waals surface area contributed by atoms with E-state index in [0.717, 1.165) is 0 Å². The van der Waals surface area contributed by atoms with Gasteiger partial charge in [0.25, 0.3) is 5.91 Å². The molecule has 0 aliphatic rings. The number of carbonyl (C=O) groups is 1. The Balaban J connectivity index is 2.13. The van der Waals surface area contributed by atoms with E-state index in [2.05, 4.69) is 10.3 Å². The Kier molecular flexibility index (Phi) is 4.58. The van der Waals surface area contributed by atoms with E-state index in [-0.39, 0.29) is 12.0 Å². The molecule has 4 nitrogen and oxygen atoms in total. The van der Waals surface area contributed by atoms with E-state index < -0.39 is 0 Å². The maximum Gasteiger partial charge on any atom is 0.256 e. The first-order valence-electron chi connectivity index (χ1n) is 6.25. The number of pyridine rings is 1. The van der Waals surface area contributed by atoms with Gasteiger partial charge in [0.15, 0.2) is 0 Å². The van der Waals surface area contributed by atoms with E-state index >= 15 is 0 Å². The van der Waals surface area contributed by atoms with Crippen LogP contribution in [0, 0.1) is 0 Å². The predicted molar refractivity (Wildman–Crippen MR) is 79.4 cm³/mol. The summed E-state index contributed by atoms with van der Waals surface area (Å²) >= 11 is 5.77. The number of nitrogens with one attached hydrogen (secondary N) is 1. The van der Waals surface area contributed by atoms with E-state index in [4.69, 9.17) is 16.3 Å². The van der Waals surface area contributed by atoms with Gasteiger partial charge in [-0.1, -0.05) is 23.7 Å². The second kappa shape index (κ2) is 6.39. The van der Waals surface area contributed by atoms with Crippen molar-refractivity contribution < 1.29 is 9.53 Å². The molecule has 0 unspecified atom stereocenters. The van der Waals surface area contributed by atoms with Crippen LogP contribution in [-0.2, 0) is 0 Å². The molecule has 0 spiro atoms. The van der Waals surface area contributed by atoms with Crippen molar-refractivity contribution in [2.75, 3.05) is 5.32 Å². The van der Waals surface area contributed by atoms with Gasteiger partial charge in [0, 0.05) is 5.56 Å². The zero-order chi connectivity index (χ0) is 14.5. The summed E-state index contributed by atoms with van der Waals surface area (Å²) in [5, 5.41) is 3.02. The quantitative estimate of drug-likeness (QED) is 0.872. The molecule has 104 valence electrons. The lowest BCUT2D eigenvalue weighted by atomic mass is 10.2. The monoisotopic (exact) mass is 290 g/mol. The molecule has 1 aromatic carbocycles. The first kappa shape index (κ1) is 14.3. The fourth-order valence-electron chi connectivity index (χ4n) is 1.65. The molecule has 0 saturated carbocycles. The molecule has 0 radical (unpaired) electrons. The van der Waals surface area contributed by atoms with Crippen LogP contribution in [0.2, 0.25) is 5.15 Å². The number of rotatable bonds is 4. The molecule has 0 aliphatic heterocycles. The van der Waals surface area contributed by atoms with Gasteiger partial charge >= 0.3 is 0 Å². The lowest BCUT2D eigenvalue weighted by molar-refractivity contribution is 0.102. The van der Waals surface area contributed by atoms with Crippen molar-refractivity contribution in [2.45, 2.75) is 20.0 Å². The second-order valence-corrected chi connectivity index (χ2v) is 4.88. The number of hydrogen-bond acceptors (Lipinski definition) is 3. The van der Waals surface area contributed by atoms with Crippen LogP contribution in [0.3, 0.4) is 0 Å². The van der Waals surface area contributed by atoms with Crippen molar-refractivity contribution in [3.05, 3.63) is 53.2 Å². The van der Waals surface area contributed by atoms with Crippen molar-refractivity contribution >= 4 is 23.3 Å². The Morgan fingerprint density at radius 3 is 2.70 bits per heavy atom. The molecule has 0 aliphatic carbocycles. The summed E-state index contributed by atoms with van der Waals surface area (Å²) in [6.07, 6.45) is 0.0582.